The highest BCUT2D eigenvalue weighted by Gasteiger charge is 2.26. The number of carbonyl (C=O) groups is 1. The van der Waals surface area contributed by atoms with Gasteiger partial charge in [0, 0.05) is 15.5 Å². The molecule has 21 heavy (non-hydrogen) atoms. The second kappa shape index (κ2) is 5.77. The summed E-state index contributed by atoms with van der Waals surface area (Å²) in [6.45, 7) is 6.05. The zero-order valence-corrected chi connectivity index (χ0v) is 14.6. The van der Waals surface area contributed by atoms with Gasteiger partial charge in [0.25, 0.3) is 0 Å². The summed E-state index contributed by atoms with van der Waals surface area (Å²) in [4.78, 5) is 16.4. The number of carboxylic acid groups (broad SMARTS) is 1. The second-order valence-electron chi connectivity index (χ2n) is 5.60. The smallest absolute Gasteiger partial charge is 0.356 e. The summed E-state index contributed by atoms with van der Waals surface area (Å²) in [6, 6.07) is 5.48. The molecule has 0 aliphatic rings. The fourth-order valence-corrected chi connectivity index (χ4v) is 3.49. The van der Waals surface area contributed by atoms with Gasteiger partial charge in [0.1, 0.15) is 5.75 Å². The van der Waals surface area contributed by atoms with Crippen LogP contribution in [0.2, 0.25) is 0 Å². The molecule has 0 amide bonds. The molecule has 0 spiro atoms. The van der Waals surface area contributed by atoms with Gasteiger partial charge in [0.15, 0.2) is 5.69 Å². The number of ether oxygens (including phenoxy) is 1. The van der Waals surface area contributed by atoms with Gasteiger partial charge in [-0.05, 0) is 18.2 Å². The maximum Gasteiger partial charge on any atom is 0.356 e. The molecule has 6 heteroatoms. The van der Waals surface area contributed by atoms with E-state index >= 15 is 0 Å². The lowest BCUT2D eigenvalue weighted by molar-refractivity contribution is 0.0692. The summed E-state index contributed by atoms with van der Waals surface area (Å²) in [5.41, 5.74) is 0.664. The number of rotatable bonds is 3. The normalized spacial score (nSPS) is 11.5. The van der Waals surface area contributed by atoms with Gasteiger partial charge >= 0.3 is 5.97 Å². The summed E-state index contributed by atoms with van der Waals surface area (Å²) in [5.74, 6) is -0.346. The third kappa shape index (κ3) is 3.27. The van der Waals surface area contributed by atoms with Gasteiger partial charge in [-0.2, -0.15) is 0 Å². The number of hydrogen-bond donors (Lipinski definition) is 1. The van der Waals surface area contributed by atoms with Crippen LogP contribution >= 0.6 is 27.3 Å². The molecule has 0 bridgehead atoms. The van der Waals surface area contributed by atoms with E-state index in [2.05, 4.69) is 20.9 Å². The summed E-state index contributed by atoms with van der Waals surface area (Å²) in [6.07, 6.45) is 0. The van der Waals surface area contributed by atoms with Crippen molar-refractivity contribution in [3.63, 3.8) is 0 Å². The molecule has 1 N–H and O–H groups in total. The van der Waals surface area contributed by atoms with E-state index in [0.29, 0.717) is 10.6 Å². The molecular weight excluding hydrogens is 354 g/mol. The monoisotopic (exact) mass is 369 g/mol. The Morgan fingerprint density at radius 1 is 1.38 bits per heavy atom. The Bertz CT molecular complexity index is 689. The van der Waals surface area contributed by atoms with Gasteiger partial charge in [-0.1, -0.05) is 36.7 Å². The van der Waals surface area contributed by atoms with Crippen LogP contribution in [0.5, 0.6) is 5.75 Å². The van der Waals surface area contributed by atoms with Crippen molar-refractivity contribution < 1.29 is 14.6 Å². The predicted molar refractivity (Wildman–Crippen MR) is 87.5 cm³/mol. The minimum Gasteiger partial charge on any atom is -0.497 e. The second-order valence-corrected chi connectivity index (χ2v) is 7.45. The fraction of sp³-hybridized carbons (Fsp3) is 0.333. The number of carboxylic acids is 1. The number of nitrogens with zero attached hydrogens (tertiary/aromatic N) is 1. The Balaban J connectivity index is 2.68. The Labute approximate surface area is 135 Å². The quantitative estimate of drug-likeness (QED) is 0.859. The van der Waals surface area contributed by atoms with E-state index in [1.165, 1.54) is 11.3 Å². The van der Waals surface area contributed by atoms with E-state index in [-0.39, 0.29) is 11.1 Å². The van der Waals surface area contributed by atoms with Crippen LogP contribution in [-0.4, -0.2) is 23.2 Å². The number of methoxy groups -OCH3 is 1. The summed E-state index contributed by atoms with van der Waals surface area (Å²) < 4.78 is 6.04. The van der Waals surface area contributed by atoms with Crippen LogP contribution < -0.4 is 4.74 Å². The van der Waals surface area contributed by atoms with Crippen molar-refractivity contribution in [2.24, 2.45) is 0 Å². The molecule has 4 nitrogen and oxygen atoms in total. The Morgan fingerprint density at radius 3 is 2.57 bits per heavy atom. The molecule has 0 aliphatic heterocycles. The van der Waals surface area contributed by atoms with Gasteiger partial charge in [-0.15, -0.1) is 11.3 Å². The molecule has 0 aliphatic carbocycles. The summed E-state index contributed by atoms with van der Waals surface area (Å²) in [7, 11) is 1.58. The van der Waals surface area contributed by atoms with Crippen LogP contribution in [0.25, 0.3) is 10.4 Å². The van der Waals surface area contributed by atoms with Crippen molar-refractivity contribution in [2.45, 2.75) is 26.2 Å². The Kier molecular flexibility index (Phi) is 4.39. The molecule has 0 fully saturated rings. The zero-order chi connectivity index (χ0) is 15.8. The number of aromatic carboxylic acids is 1. The van der Waals surface area contributed by atoms with Gasteiger partial charge < -0.3 is 9.84 Å². The number of hydrogen-bond acceptors (Lipinski definition) is 4. The first kappa shape index (κ1) is 16.0. The standard InChI is InChI=1S/C15H16BrNO3S/c1-15(2,3)14-17-11(13(18)19)12(21-14)9-7-8(20-4)5-6-10(9)16/h5-7H,1-4H3,(H,18,19). The average Bonchev–Trinajstić information content (AvgIpc) is 2.84. The Hall–Kier alpha value is -1.40. The minimum absolute atomic E-state index is 0.0823. The highest BCUT2D eigenvalue weighted by molar-refractivity contribution is 9.10. The highest BCUT2D eigenvalue weighted by atomic mass is 79.9. The van der Waals surface area contributed by atoms with Crippen LogP contribution in [0.4, 0.5) is 0 Å². The predicted octanol–water partition coefficient (Wildman–Crippen LogP) is 4.58. The van der Waals surface area contributed by atoms with Gasteiger partial charge in [0.05, 0.1) is 17.0 Å². The van der Waals surface area contributed by atoms with E-state index in [9.17, 15) is 9.90 Å². The van der Waals surface area contributed by atoms with E-state index < -0.39 is 5.97 Å². The largest absolute Gasteiger partial charge is 0.497 e. The van der Waals surface area contributed by atoms with Crippen LogP contribution in [0.1, 0.15) is 36.3 Å². The molecular formula is C15H16BrNO3S. The van der Waals surface area contributed by atoms with Crippen molar-refractivity contribution in [1.29, 1.82) is 0 Å². The van der Waals surface area contributed by atoms with Crippen LogP contribution in [0.15, 0.2) is 22.7 Å². The SMILES string of the molecule is COc1ccc(Br)c(-c2sc(C(C)(C)C)nc2C(=O)O)c1. The number of halogens is 1. The highest BCUT2D eigenvalue weighted by Crippen LogP contribution is 2.40. The van der Waals surface area contributed by atoms with Crippen molar-refractivity contribution in [2.75, 3.05) is 7.11 Å². The third-order valence-corrected chi connectivity index (χ3v) is 5.10. The van der Waals surface area contributed by atoms with Crippen LogP contribution in [-0.2, 0) is 5.41 Å². The molecule has 0 atom stereocenters. The molecule has 2 rings (SSSR count). The maximum absolute atomic E-state index is 11.5. The molecule has 2 aromatic rings. The minimum atomic E-state index is -1.02. The maximum atomic E-state index is 11.5. The summed E-state index contributed by atoms with van der Waals surface area (Å²) in [5, 5.41) is 10.2. The molecule has 1 heterocycles. The molecule has 0 unspecified atom stereocenters. The van der Waals surface area contributed by atoms with E-state index in [1.54, 1.807) is 7.11 Å². The van der Waals surface area contributed by atoms with E-state index in [4.69, 9.17) is 4.74 Å². The van der Waals surface area contributed by atoms with Crippen molar-refractivity contribution in [1.82, 2.24) is 4.98 Å². The fourth-order valence-electron chi connectivity index (χ4n) is 1.77. The lowest BCUT2D eigenvalue weighted by atomic mass is 9.98. The topological polar surface area (TPSA) is 59.4 Å². The molecule has 0 saturated carbocycles. The van der Waals surface area contributed by atoms with E-state index in [0.717, 1.165) is 15.0 Å². The van der Waals surface area contributed by atoms with Crippen molar-refractivity contribution in [3.05, 3.63) is 33.4 Å². The average molecular weight is 370 g/mol. The van der Waals surface area contributed by atoms with Gasteiger partial charge in [-0.3, -0.25) is 0 Å². The first-order valence-corrected chi connectivity index (χ1v) is 7.93. The number of aromatic nitrogens is 1. The lowest BCUT2D eigenvalue weighted by Gasteiger charge is -2.13. The molecule has 1 aromatic carbocycles. The van der Waals surface area contributed by atoms with Crippen LogP contribution in [0, 0.1) is 0 Å². The van der Waals surface area contributed by atoms with Crippen molar-refractivity contribution >= 4 is 33.2 Å². The molecule has 1 aromatic heterocycles. The van der Waals surface area contributed by atoms with E-state index in [1.807, 2.05) is 39.0 Å². The van der Waals surface area contributed by atoms with Crippen molar-refractivity contribution in [3.8, 4) is 16.2 Å². The lowest BCUT2D eigenvalue weighted by Crippen LogP contribution is -2.11. The Morgan fingerprint density at radius 2 is 2.05 bits per heavy atom. The summed E-state index contributed by atoms with van der Waals surface area (Å²) >= 11 is 4.87. The van der Waals surface area contributed by atoms with Crippen LogP contribution in [0.3, 0.4) is 0 Å². The molecule has 0 radical (unpaired) electrons. The first-order chi connectivity index (χ1) is 9.74. The third-order valence-electron chi connectivity index (χ3n) is 2.89. The molecule has 0 saturated heterocycles. The first-order valence-electron chi connectivity index (χ1n) is 6.32. The van der Waals surface area contributed by atoms with Gasteiger partial charge in [0.2, 0.25) is 0 Å². The van der Waals surface area contributed by atoms with Gasteiger partial charge in [-0.25, -0.2) is 9.78 Å². The number of benzene rings is 1. The number of thiazole rings is 1. The zero-order valence-electron chi connectivity index (χ0n) is 12.2. The molecule has 112 valence electrons.